The van der Waals surface area contributed by atoms with Gasteiger partial charge in [-0.25, -0.2) is 8.42 Å². The maximum absolute atomic E-state index is 13.1. The molecule has 1 aliphatic rings. The number of amides is 1. The van der Waals surface area contributed by atoms with Gasteiger partial charge in [0.2, 0.25) is 10.0 Å². The summed E-state index contributed by atoms with van der Waals surface area (Å²) in [6, 6.07) is 11.5. The molecule has 0 aromatic heterocycles. The Balaban J connectivity index is 1.83. The lowest BCUT2D eigenvalue weighted by Gasteiger charge is -2.26. The topological polar surface area (TPSA) is 94.2 Å². The van der Waals surface area contributed by atoms with Crippen LogP contribution in [0.15, 0.2) is 47.4 Å². The van der Waals surface area contributed by atoms with Crippen LogP contribution < -0.4 is 14.8 Å². The standard InChI is InChI=1S/C21H26N2O6S/c1-15(16-4-7-18(27-2)8-5-16)22-21(24)17-6-9-19(28-3)20(14-17)30(25,26)23-10-12-29-13-11-23/h4-9,14-15H,10-13H2,1-3H3,(H,22,24)/t15-/m1/s1. The monoisotopic (exact) mass is 434 g/mol. The Morgan fingerprint density at radius 1 is 1.07 bits per heavy atom. The molecular formula is C21H26N2O6S. The first kappa shape index (κ1) is 22.1. The van der Waals surface area contributed by atoms with Crippen LogP contribution in [0.2, 0.25) is 0 Å². The summed E-state index contributed by atoms with van der Waals surface area (Å²) in [4.78, 5) is 12.8. The van der Waals surface area contributed by atoms with Crippen LogP contribution in [0.1, 0.15) is 28.9 Å². The van der Waals surface area contributed by atoms with Gasteiger partial charge in [0.25, 0.3) is 5.91 Å². The number of morpholine rings is 1. The van der Waals surface area contributed by atoms with Crippen molar-refractivity contribution in [2.45, 2.75) is 17.9 Å². The minimum atomic E-state index is -3.81. The SMILES string of the molecule is COc1ccc([C@@H](C)NC(=O)c2ccc(OC)c(S(=O)(=O)N3CCOCC3)c2)cc1. The predicted octanol–water partition coefficient (Wildman–Crippen LogP) is 2.22. The average Bonchev–Trinajstić information content (AvgIpc) is 2.79. The molecule has 2 aromatic rings. The summed E-state index contributed by atoms with van der Waals surface area (Å²) in [6.45, 7) is 3.05. The molecule has 3 rings (SSSR count). The van der Waals surface area contributed by atoms with Gasteiger partial charge in [-0.05, 0) is 42.8 Å². The third-order valence-electron chi connectivity index (χ3n) is 4.98. The van der Waals surface area contributed by atoms with Crippen LogP contribution in [0.3, 0.4) is 0 Å². The van der Waals surface area contributed by atoms with Crippen molar-refractivity contribution >= 4 is 15.9 Å². The Bertz CT molecular complexity index is 985. The number of ether oxygens (including phenoxy) is 3. The molecule has 8 nitrogen and oxygen atoms in total. The second-order valence-electron chi connectivity index (χ2n) is 6.85. The maximum atomic E-state index is 13.1. The molecular weight excluding hydrogens is 408 g/mol. The maximum Gasteiger partial charge on any atom is 0.251 e. The molecule has 1 amide bonds. The molecule has 9 heteroatoms. The molecule has 1 fully saturated rings. The molecule has 0 saturated carbocycles. The number of carbonyl (C=O) groups excluding carboxylic acids is 1. The van der Waals surface area contributed by atoms with Crippen molar-refractivity contribution in [1.29, 1.82) is 0 Å². The van der Waals surface area contributed by atoms with Crippen LogP contribution in [0, 0.1) is 0 Å². The van der Waals surface area contributed by atoms with E-state index in [1.54, 1.807) is 13.2 Å². The van der Waals surface area contributed by atoms with Crippen molar-refractivity contribution in [3.63, 3.8) is 0 Å². The number of methoxy groups -OCH3 is 2. The smallest absolute Gasteiger partial charge is 0.251 e. The average molecular weight is 435 g/mol. The Labute approximate surface area is 176 Å². The molecule has 1 heterocycles. The van der Waals surface area contributed by atoms with Gasteiger partial charge in [0, 0.05) is 18.7 Å². The van der Waals surface area contributed by atoms with Gasteiger partial charge in [0.05, 0.1) is 33.5 Å². The Morgan fingerprint density at radius 3 is 2.33 bits per heavy atom. The lowest BCUT2D eigenvalue weighted by atomic mass is 10.1. The fourth-order valence-corrected chi connectivity index (χ4v) is 4.79. The Morgan fingerprint density at radius 2 is 1.73 bits per heavy atom. The first-order chi connectivity index (χ1) is 14.4. The van der Waals surface area contributed by atoms with E-state index in [0.29, 0.717) is 13.2 Å². The van der Waals surface area contributed by atoms with E-state index >= 15 is 0 Å². The zero-order valence-electron chi connectivity index (χ0n) is 17.3. The molecule has 162 valence electrons. The minimum Gasteiger partial charge on any atom is -0.497 e. The fourth-order valence-electron chi connectivity index (χ4n) is 3.20. The van der Waals surface area contributed by atoms with Gasteiger partial charge >= 0.3 is 0 Å². The van der Waals surface area contributed by atoms with Crippen molar-refractivity contribution in [1.82, 2.24) is 9.62 Å². The zero-order valence-corrected chi connectivity index (χ0v) is 18.1. The van der Waals surface area contributed by atoms with Crippen LogP contribution in [0.4, 0.5) is 0 Å². The van der Waals surface area contributed by atoms with Gasteiger partial charge in [-0.3, -0.25) is 4.79 Å². The quantitative estimate of drug-likeness (QED) is 0.718. The van der Waals surface area contributed by atoms with Crippen LogP contribution in [0.25, 0.3) is 0 Å². The van der Waals surface area contributed by atoms with Gasteiger partial charge in [0.1, 0.15) is 16.4 Å². The van der Waals surface area contributed by atoms with Crippen LogP contribution in [-0.4, -0.2) is 59.2 Å². The number of hydrogen-bond acceptors (Lipinski definition) is 6. The number of benzene rings is 2. The van der Waals surface area contributed by atoms with Gasteiger partial charge in [0.15, 0.2) is 0 Å². The van der Waals surface area contributed by atoms with E-state index in [2.05, 4.69) is 5.32 Å². The summed E-state index contributed by atoms with van der Waals surface area (Å²) in [5, 5.41) is 2.90. The first-order valence-corrected chi connectivity index (χ1v) is 11.0. The molecule has 1 saturated heterocycles. The molecule has 0 aliphatic carbocycles. The largest absolute Gasteiger partial charge is 0.497 e. The highest BCUT2D eigenvalue weighted by Crippen LogP contribution is 2.29. The summed E-state index contributed by atoms with van der Waals surface area (Å²) in [6.07, 6.45) is 0. The first-order valence-electron chi connectivity index (χ1n) is 9.57. The highest BCUT2D eigenvalue weighted by atomic mass is 32.2. The van der Waals surface area contributed by atoms with Gasteiger partial charge in [-0.2, -0.15) is 4.31 Å². The molecule has 0 unspecified atom stereocenters. The van der Waals surface area contributed by atoms with Crippen molar-refractivity contribution in [3.05, 3.63) is 53.6 Å². The second-order valence-corrected chi connectivity index (χ2v) is 8.76. The van der Waals surface area contributed by atoms with Crippen molar-refractivity contribution < 1.29 is 27.4 Å². The number of hydrogen-bond donors (Lipinski definition) is 1. The van der Waals surface area contributed by atoms with Crippen molar-refractivity contribution in [2.75, 3.05) is 40.5 Å². The lowest BCUT2D eigenvalue weighted by Crippen LogP contribution is -2.40. The number of sulfonamides is 1. The van der Waals surface area contributed by atoms with Gasteiger partial charge in [-0.1, -0.05) is 12.1 Å². The van der Waals surface area contributed by atoms with E-state index in [-0.39, 0.29) is 41.2 Å². The summed E-state index contributed by atoms with van der Waals surface area (Å²) < 4.78 is 43.2. The summed E-state index contributed by atoms with van der Waals surface area (Å²) in [5.74, 6) is 0.547. The summed E-state index contributed by atoms with van der Waals surface area (Å²) >= 11 is 0. The van der Waals surface area contributed by atoms with Crippen LogP contribution in [0.5, 0.6) is 11.5 Å². The summed E-state index contributed by atoms with van der Waals surface area (Å²) in [7, 11) is -0.823. The van der Waals surface area contributed by atoms with E-state index in [9.17, 15) is 13.2 Å². The van der Waals surface area contributed by atoms with Gasteiger partial charge < -0.3 is 19.5 Å². The van der Waals surface area contributed by atoms with E-state index < -0.39 is 10.0 Å². The van der Waals surface area contributed by atoms with E-state index in [1.807, 2.05) is 31.2 Å². The van der Waals surface area contributed by atoms with Crippen LogP contribution in [-0.2, 0) is 14.8 Å². The molecule has 1 N–H and O–H groups in total. The third-order valence-corrected chi connectivity index (χ3v) is 6.90. The normalized spacial score (nSPS) is 16.0. The lowest BCUT2D eigenvalue weighted by molar-refractivity contribution is 0.0729. The van der Waals surface area contributed by atoms with Crippen molar-refractivity contribution in [3.8, 4) is 11.5 Å². The fraction of sp³-hybridized carbons (Fsp3) is 0.381. The predicted molar refractivity (Wildman–Crippen MR) is 111 cm³/mol. The molecule has 0 radical (unpaired) electrons. The molecule has 1 aliphatic heterocycles. The molecule has 30 heavy (non-hydrogen) atoms. The minimum absolute atomic E-state index is 0.0309. The molecule has 2 aromatic carbocycles. The summed E-state index contributed by atoms with van der Waals surface area (Å²) in [5.41, 5.74) is 1.14. The molecule has 1 atom stereocenters. The van der Waals surface area contributed by atoms with Crippen molar-refractivity contribution in [2.24, 2.45) is 0 Å². The number of nitrogens with zero attached hydrogens (tertiary/aromatic N) is 1. The van der Waals surface area contributed by atoms with Gasteiger partial charge in [-0.15, -0.1) is 0 Å². The number of carbonyl (C=O) groups is 1. The highest BCUT2D eigenvalue weighted by molar-refractivity contribution is 7.89. The third kappa shape index (κ3) is 4.75. The number of rotatable bonds is 7. The highest BCUT2D eigenvalue weighted by Gasteiger charge is 2.30. The van der Waals surface area contributed by atoms with Crippen LogP contribution >= 0.6 is 0 Å². The zero-order chi connectivity index (χ0) is 21.7. The van der Waals surface area contributed by atoms with E-state index in [0.717, 1.165) is 11.3 Å². The number of nitrogens with one attached hydrogen (secondary N) is 1. The van der Waals surface area contributed by atoms with E-state index in [4.69, 9.17) is 14.2 Å². The molecule has 0 bridgehead atoms. The van der Waals surface area contributed by atoms with E-state index in [1.165, 1.54) is 23.5 Å². The molecule has 0 spiro atoms. The second kappa shape index (κ2) is 9.46. The Kier molecular flexibility index (Phi) is 6.96. The Hall–Kier alpha value is -2.62.